The summed E-state index contributed by atoms with van der Waals surface area (Å²) in [7, 11) is -3.58. The zero-order valence-corrected chi connectivity index (χ0v) is 11.3. The summed E-state index contributed by atoms with van der Waals surface area (Å²) in [5.74, 6) is -0.463. The Morgan fingerprint density at radius 1 is 1.44 bits per heavy atom. The van der Waals surface area contributed by atoms with Gasteiger partial charge < -0.3 is 16.8 Å². The topological polar surface area (TPSA) is 125 Å². The van der Waals surface area contributed by atoms with Gasteiger partial charge in [-0.25, -0.2) is 0 Å². The standard InChI is InChI=1S/C10H21N3O4S/c1-8(2)10(14)13-5-3-6-17-18(15,16)7-4-9(11)12/h9H,1,3-7,11-12H2,2H3,(H,13,14). The molecule has 0 saturated heterocycles. The molecule has 0 spiro atoms. The van der Waals surface area contributed by atoms with Crippen LogP contribution in [-0.2, 0) is 19.1 Å². The maximum absolute atomic E-state index is 11.3. The molecule has 0 aromatic carbocycles. The minimum Gasteiger partial charge on any atom is -0.352 e. The van der Waals surface area contributed by atoms with Crippen molar-refractivity contribution in [2.24, 2.45) is 11.5 Å². The van der Waals surface area contributed by atoms with Gasteiger partial charge in [0.15, 0.2) is 0 Å². The summed E-state index contributed by atoms with van der Waals surface area (Å²) >= 11 is 0. The van der Waals surface area contributed by atoms with Crippen LogP contribution in [0, 0.1) is 0 Å². The smallest absolute Gasteiger partial charge is 0.267 e. The van der Waals surface area contributed by atoms with Crippen molar-refractivity contribution in [3.8, 4) is 0 Å². The average molecular weight is 279 g/mol. The van der Waals surface area contributed by atoms with Crippen LogP contribution in [0.5, 0.6) is 0 Å². The first-order valence-corrected chi connectivity index (χ1v) is 7.14. The maximum Gasteiger partial charge on any atom is 0.267 e. The molecular formula is C10H21N3O4S. The van der Waals surface area contributed by atoms with Crippen LogP contribution in [0.15, 0.2) is 12.2 Å². The van der Waals surface area contributed by atoms with Gasteiger partial charge in [-0.3, -0.25) is 8.98 Å². The third kappa shape index (κ3) is 9.11. The molecule has 0 aliphatic carbocycles. The van der Waals surface area contributed by atoms with Crippen LogP contribution < -0.4 is 16.8 Å². The van der Waals surface area contributed by atoms with E-state index in [0.29, 0.717) is 18.5 Å². The third-order valence-corrected chi connectivity index (χ3v) is 3.22. The molecule has 0 heterocycles. The van der Waals surface area contributed by atoms with E-state index in [1.165, 1.54) is 0 Å². The lowest BCUT2D eigenvalue weighted by Crippen LogP contribution is -2.33. The van der Waals surface area contributed by atoms with Gasteiger partial charge in [-0.05, 0) is 19.8 Å². The monoisotopic (exact) mass is 279 g/mol. The van der Waals surface area contributed by atoms with Crippen molar-refractivity contribution in [1.82, 2.24) is 5.32 Å². The van der Waals surface area contributed by atoms with Crippen molar-refractivity contribution in [3.05, 3.63) is 12.2 Å². The van der Waals surface area contributed by atoms with E-state index in [0.717, 1.165) is 0 Å². The van der Waals surface area contributed by atoms with Crippen LogP contribution >= 0.6 is 0 Å². The molecule has 5 N–H and O–H groups in total. The number of nitrogens with two attached hydrogens (primary N) is 2. The molecule has 0 bridgehead atoms. The highest BCUT2D eigenvalue weighted by atomic mass is 32.2. The first kappa shape index (κ1) is 17.0. The van der Waals surface area contributed by atoms with Crippen LogP contribution in [0.25, 0.3) is 0 Å². The van der Waals surface area contributed by atoms with Crippen molar-refractivity contribution in [1.29, 1.82) is 0 Å². The second-order valence-corrected chi connectivity index (χ2v) is 5.69. The second kappa shape index (κ2) is 8.20. The third-order valence-electron chi connectivity index (χ3n) is 1.96. The van der Waals surface area contributed by atoms with Gasteiger partial charge in [0.25, 0.3) is 10.1 Å². The number of nitrogens with one attached hydrogen (secondary N) is 1. The largest absolute Gasteiger partial charge is 0.352 e. The highest BCUT2D eigenvalue weighted by Crippen LogP contribution is 1.98. The molecule has 0 aliphatic rings. The van der Waals surface area contributed by atoms with Gasteiger partial charge in [0.2, 0.25) is 5.91 Å². The Hall–Kier alpha value is -0.960. The van der Waals surface area contributed by atoms with E-state index in [9.17, 15) is 13.2 Å². The molecule has 1 amide bonds. The second-order valence-electron chi connectivity index (χ2n) is 3.93. The van der Waals surface area contributed by atoms with Crippen LogP contribution in [0.3, 0.4) is 0 Å². The fourth-order valence-corrected chi connectivity index (χ4v) is 2.00. The summed E-state index contributed by atoms with van der Waals surface area (Å²) in [5.41, 5.74) is 10.9. The maximum atomic E-state index is 11.3. The quantitative estimate of drug-likeness (QED) is 0.216. The predicted octanol–water partition coefficient (Wildman–Crippen LogP) is -0.951. The molecule has 0 saturated carbocycles. The Morgan fingerprint density at radius 2 is 2.06 bits per heavy atom. The molecule has 106 valence electrons. The summed E-state index contributed by atoms with van der Waals surface area (Å²) in [6, 6.07) is 0. The minimum atomic E-state index is -3.58. The molecule has 0 aromatic heterocycles. The number of carbonyl (C=O) groups is 1. The molecule has 0 aliphatic heterocycles. The molecule has 8 heteroatoms. The van der Waals surface area contributed by atoms with E-state index >= 15 is 0 Å². The van der Waals surface area contributed by atoms with Crippen molar-refractivity contribution in [2.45, 2.75) is 25.9 Å². The highest BCUT2D eigenvalue weighted by molar-refractivity contribution is 7.86. The SMILES string of the molecule is C=C(C)C(=O)NCCCOS(=O)(=O)CCC(N)N. The average Bonchev–Trinajstić information content (AvgIpc) is 2.25. The summed E-state index contributed by atoms with van der Waals surface area (Å²) in [6.45, 7) is 5.40. The molecule has 0 atom stereocenters. The lowest BCUT2D eigenvalue weighted by atomic mass is 10.3. The Labute approximate surface area is 108 Å². The lowest BCUT2D eigenvalue weighted by Gasteiger charge is -2.08. The Kier molecular flexibility index (Phi) is 7.76. The van der Waals surface area contributed by atoms with E-state index < -0.39 is 16.3 Å². The Balaban J connectivity index is 3.71. The number of carbonyl (C=O) groups excluding carboxylic acids is 1. The fraction of sp³-hybridized carbons (Fsp3) is 0.700. The first-order chi connectivity index (χ1) is 8.24. The molecule has 0 fully saturated rings. The van der Waals surface area contributed by atoms with Crippen LogP contribution in [0.1, 0.15) is 19.8 Å². The van der Waals surface area contributed by atoms with Gasteiger partial charge in [-0.15, -0.1) is 0 Å². The lowest BCUT2D eigenvalue weighted by molar-refractivity contribution is -0.117. The van der Waals surface area contributed by atoms with Gasteiger partial charge in [-0.1, -0.05) is 6.58 Å². The van der Waals surface area contributed by atoms with Crippen molar-refractivity contribution in [2.75, 3.05) is 18.9 Å². The molecule has 18 heavy (non-hydrogen) atoms. The van der Waals surface area contributed by atoms with Crippen molar-refractivity contribution >= 4 is 16.0 Å². The van der Waals surface area contributed by atoms with E-state index in [4.69, 9.17) is 15.7 Å². The molecule has 7 nitrogen and oxygen atoms in total. The van der Waals surface area contributed by atoms with Gasteiger partial charge in [-0.2, -0.15) is 8.42 Å². The molecule has 0 aromatic rings. The first-order valence-electron chi connectivity index (χ1n) is 5.56. The fourth-order valence-electron chi connectivity index (χ4n) is 0.950. The van der Waals surface area contributed by atoms with Gasteiger partial charge in [0.05, 0.1) is 18.5 Å². The van der Waals surface area contributed by atoms with Crippen LogP contribution in [0.2, 0.25) is 0 Å². The summed E-state index contributed by atoms with van der Waals surface area (Å²) in [4.78, 5) is 11.1. The molecule has 0 rings (SSSR count). The van der Waals surface area contributed by atoms with E-state index in [2.05, 4.69) is 11.9 Å². The normalized spacial score (nSPS) is 11.6. The Morgan fingerprint density at radius 3 is 2.56 bits per heavy atom. The van der Waals surface area contributed by atoms with Gasteiger partial charge >= 0.3 is 0 Å². The van der Waals surface area contributed by atoms with Gasteiger partial charge in [0.1, 0.15) is 0 Å². The highest BCUT2D eigenvalue weighted by Gasteiger charge is 2.12. The zero-order chi connectivity index (χ0) is 14.2. The van der Waals surface area contributed by atoms with E-state index in [1.807, 2.05) is 0 Å². The number of hydrogen-bond donors (Lipinski definition) is 3. The number of amides is 1. The molecule has 0 radical (unpaired) electrons. The van der Waals surface area contributed by atoms with Crippen LogP contribution in [0.4, 0.5) is 0 Å². The zero-order valence-electron chi connectivity index (χ0n) is 10.5. The Bertz CT molecular complexity index is 379. The van der Waals surface area contributed by atoms with Crippen molar-refractivity contribution in [3.63, 3.8) is 0 Å². The summed E-state index contributed by atoms with van der Waals surface area (Å²) in [6.07, 6.45) is -0.125. The number of rotatable bonds is 9. The summed E-state index contributed by atoms with van der Waals surface area (Å²) < 4.78 is 27.3. The van der Waals surface area contributed by atoms with Crippen molar-refractivity contribution < 1.29 is 17.4 Å². The van der Waals surface area contributed by atoms with Gasteiger partial charge in [0, 0.05) is 12.1 Å². The minimum absolute atomic E-state index is 0.0125. The van der Waals surface area contributed by atoms with E-state index in [-0.39, 0.29) is 24.7 Å². The number of hydrogen-bond acceptors (Lipinski definition) is 6. The molecule has 0 unspecified atom stereocenters. The van der Waals surface area contributed by atoms with Crippen LogP contribution in [-0.4, -0.2) is 39.4 Å². The molecular weight excluding hydrogens is 258 g/mol. The predicted molar refractivity (Wildman–Crippen MR) is 69.0 cm³/mol. The van der Waals surface area contributed by atoms with E-state index in [1.54, 1.807) is 6.92 Å². The summed E-state index contributed by atoms with van der Waals surface area (Å²) in [5, 5.41) is 2.57.